The van der Waals surface area contributed by atoms with Crippen molar-refractivity contribution in [3.8, 4) is 0 Å². The van der Waals surface area contributed by atoms with Gasteiger partial charge in [-0.05, 0) is 32.8 Å². The van der Waals surface area contributed by atoms with Crippen molar-refractivity contribution < 1.29 is 17.2 Å². The molecule has 134 valence electrons. The van der Waals surface area contributed by atoms with Crippen molar-refractivity contribution in [2.24, 2.45) is 0 Å². The van der Waals surface area contributed by atoms with Crippen molar-refractivity contribution in [1.29, 1.82) is 0 Å². The second-order valence-electron chi connectivity index (χ2n) is 5.46. The fraction of sp³-hybridized carbons (Fsp3) is 0.571. The molecule has 0 amide bonds. The smallest absolute Gasteiger partial charge is 0.270 e. The number of nitrogens with one attached hydrogen (secondary N) is 1. The lowest BCUT2D eigenvalue weighted by Crippen LogP contribution is -2.27. The van der Waals surface area contributed by atoms with Gasteiger partial charge in [0, 0.05) is 18.9 Å². The highest BCUT2D eigenvalue weighted by Crippen LogP contribution is 2.23. The highest BCUT2D eigenvalue weighted by atomic mass is 32.2. The number of aryl methyl sites for hydroxylation is 1. The Hall–Kier alpha value is -1.81. The lowest BCUT2D eigenvalue weighted by Gasteiger charge is -2.16. The molecule has 1 atom stereocenters. The zero-order valence-electron chi connectivity index (χ0n) is 13.8. The molecule has 10 heteroatoms. The molecule has 2 rings (SSSR count). The molecule has 0 radical (unpaired) electrons. The third-order valence-electron chi connectivity index (χ3n) is 3.85. The van der Waals surface area contributed by atoms with Crippen LogP contribution in [0.15, 0.2) is 23.4 Å². The van der Waals surface area contributed by atoms with Gasteiger partial charge < -0.3 is 0 Å². The summed E-state index contributed by atoms with van der Waals surface area (Å²) in [5.41, 5.74) is -0.0199. The van der Waals surface area contributed by atoms with Crippen molar-refractivity contribution in [2.75, 3.05) is 6.54 Å². The van der Waals surface area contributed by atoms with Crippen LogP contribution in [-0.2, 0) is 10.0 Å². The first kappa shape index (κ1) is 18.5. The Labute approximate surface area is 139 Å². The van der Waals surface area contributed by atoms with E-state index >= 15 is 0 Å². The number of halogens is 2. The van der Waals surface area contributed by atoms with Crippen LogP contribution in [0.4, 0.5) is 8.78 Å². The molecule has 0 aliphatic rings. The summed E-state index contributed by atoms with van der Waals surface area (Å²) in [5.74, 6) is 0. The third kappa shape index (κ3) is 3.81. The van der Waals surface area contributed by atoms with Gasteiger partial charge in [-0.2, -0.15) is 19.0 Å². The molecule has 0 fully saturated rings. The van der Waals surface area contributed by atoms with Gasteiger partial charge in [0.1, 0.15) is 4.90 Å². The number of nitrogens with zero attached hydrogens (tertiary/aromatic N) is 4. The maximum absolute atomic E-state index is 12.8. The maximum atomic E-state index is 12.8. The number of alkyl halides is 2. The lowest BCUT2D eigenvalue weighted by molar-refractivity contribution is 0.0538. The van der Waals surface area contributed by atoms with Crippen LogP contribution in [0, 0.1) is 13.8 Å². The molecule has 0 aliphatic heterocycles. The van der Waals surface area contributed by atoms with Crippen molar-refractivity contribution in [3.63, 3.8) is 0 Å². The largest absolute Gasteiger partial charge is 0.333 e. The van der Waals surface area contributed by atoms with Gasteiger partial charge in [0.15, 0.2) is 0 Å². The van der Waals surface area contributed by atoms with E-state index in [1.54, 1.807) is 16.9 Å². The Morgan fingerprint density at radius 2 is 2.04 bits per heavy atom. The molecule has 0 spiro atoms. The van der Waals surface area contributed by atoms with E-state index in [0.717, 1.165) is 6.42 Å². The molecule has 0 unspecified atom stereocenters. The summed E-state index contributed by atoms with van der Waals surface area (Å²) >= 11 is 0. The number of hydrogen-bond acceptors (Lipinski definition) is 4. The third-order valence-corrected chi connectivity index (χ3v) is 5.56. The minimum atomic E-state index is -3.90. The number of sulfonamides is 1. The average Bonchev–Trinajstić information content (AvgIpc) is 3.11. The van der Waals surface area contributed by atoms with Gasteiger partial charge in [-0.1, -0.05) is 6.92 Å². The van der Waals surface area contributed by atoms with Crippen molar-refractivity contribution in [2.45, 2.75) is 51.1 Å². The molecule has 0 bridgehead atoms. The summed E-state index contributed by atoms with van der Waals surface area (Å²) in [4.78, 5) is -0.185. The average molecular weight is 361 g/mol. The Balaban J connectivity index is 2.09. The zero-order valence-corrected chi connectivity index (χ0v) is 14.6. The van der Waals surface area contributed by atoms with E-state index in [1.165, 1.54) is 13.8 Å². The summed E-state index contributed by atoms with van der Waals surface area (Å²) < 4.78 is 55.2. The van der Waals surface area contributed by atoms with Crippen molar-refractivity contribution in [1.82, 2.24) is 24.3 Å². The SMILES string of the molecule is CC[C@H](CCNS(=O)(=O)c1c(C)nn(C(F)F)c1C)n1cccn1. The first-order valence-electron chi connectivity index (χ1n) is 7.60. The minimum Gasteiger partial charge on any atom is -0.270 e. The summed E-state index contributed by atoms with van der Waals surface area (Å²) in [6.07, 6.45) is 4.82. The van der Waals surface area contributed by atoms with Crippen LogP contribution in [0.1, 0.15) is 43.7 Å². The van der Waals surface area contributed by atoms with E-state index in [-0.39, 0.29) is 28.9 Å². The fourth-order valence-electron chi connectivity index (χ4n) is 2.68. The van der Waals surface area contributed by atoms with Crippen molar-refractivity contribution >= 4 is 10.0 Å². The molecule has 0 aliphatic carbocycles. The Bertz CT molecular complexity index is 771. The number of rotatable bonds is 8. The summed E-state index contributed by atoms with van der Waals surface area (Å²) in [7, 11) is -3.90. The minimum absolute atomic E-state index is 0.0550. The van der Waals surface area contributed by atoms with Gasteiger partial charge in [-0.3, -0.25) is 4.68 Å². The van der Waals surface area contributed by atoms with Crippen LogP contribution >= 0.6 is 0 Å². The molecule has 0 saturated heterocycles. The molecule has 0 saturated carbocycles. The van der Waals surface area contributed by atoms with Crippen LogP contribution in [0.2, 0.25) is 0 Å². The molecule has 7 nitrogen and oxygen atoms in total. The second-order valence-corrected chi connectivity index (χ2v) is 7.16. The highest BCUT2D eigenvalue weighted by molar-refractivity contribution is 7.89. The van der Waals surface area contributed by atoms with Crippen LogP contribution < -0.4 is 4.72 Å². The van der Waals surface area contributed by atoms with Gasteiger partial charge in [-0.25, -0.2) is 17.8 Å². The zero-order chi connectivity index (χ0) is 17.9. The molecule has 0 aromatic carbocycles. The first-order chi connectivity index (χ1) is 11.3. The van der Waals surface area contributed by atoms with E-state index in [9.17, 15) is 17.2 Å². The van der Waals surface area contributed by atoms with Crippen LogP contribution in [0.3, 0.4) is 0 Å². The van der Waals surface area contributed by atoms with Crippen LogP contribution in [-0.4, -0.2) is 34.5 Å². The molecular weight excluding hydrogens is 340 g/mol. The maximum Gasteiger partial charge on any atom is 0.333 e. The van der Waals surface area contributed by atoms with Gasteiger partial charge in [0.05, 0.1) is 17.4 Å². The monoisotopic (exact) mass is 361 g/mol. The van der Waals surface area contributed by atoms with Gasteiger partial charge in [-0.15, -0.1) is 0 Å². The molecule has 2 heterocycles. The molecule has 2 aromatic heterocycles. The highest BCUT2D eigenvalue weighted by Gasteiger charge is 2.27. The van der Waals surface area contributed by atoms with Crippen LogP contribution in [0.5, 0.6) is 0 Å². The second kappa shape index (κ2) is 7.39. The predicted octanol–water partition coefficient (Wildman–Crippen LogP) is 2.41. The normalized spacial score (nSPS) is 13.6. The number of hydrogen-bond donors (Lipinski definition) is 1. The van der Waals surface area contributed by atoms with Crippen LogP contribution in [0.25, 0.3) is 0 Å². The molecule has 2 aromatic rings. The predicted molar refractivity (Wildman–Crippen MR) is 84.3 cm³/mol. The number of aromatic nitrogens is 4. The summed E-state index contributed by atoms with van der Waals surface area (Å²) in [6.45, 7) is 2.01. The molecule has 24 heavy (non-hydrogen) atoms. The Morgan fingerprint density at radius 3 is 2.54 bits per heavy atom. The molecule has 1 N–H and O–H groups in total. The van der Waals surface area contributed by atoms with E-state index < -0.39 is 16.6 Å². The lowest BCUT2D eigenvalue weighted by atomic mass is 10.1. The summed E-state index contributed by atoms with van der Waals surface area (Å²) in [6, 6.07) is 1.87. The van der Waals surface area contributed by atoms with Gasteiger partial charge in [0.25, 0.3) is 0 Å². The van der Waals surface area contributed by atoms with Crippen molar-refractivity contribution in [3.05, 3.63) is 29.8 Å². The van der Waals surface area contributed by atoms with E-state index in [4.69, 9.17) is 0 Å². The Morgan fingerprint density at radius 1 is 1.33 bits per heavy atom. The molecular formula is C14H21F2N5O2S. The first-order valence-corrected chi connectivity index (χ1v) is 9.09. The summed E-state index contributed by atoms with van der Waals surface area (Å²) in [5, 5.41) is 7.76. The Kier molecular flexibility index (Phi) is 5.70. The quantitative estimate of drug-likeness (QED) is 0.783. The van der Waals surface area contributed by atoms with E-state index in [2.05, 4.69) is 14.9 Å². The van der Waals surface area contributed by atoms with Gasteiger partial charge in [0.2, 0.25) is 10.0 Å². The van der Waals surface area contributed by atoms with E-state index in [0.29, 0.717) is 11.1 Å². The topological polar surface area (TPSA) is 81.8 Å². The standard InChI is InChI=1S/C14H21F2N5O2S/c1-4-12(20-9-5-7-17-20)6-8-18-24(22,23)13-10(2)19-21(11(13)3)14(15)16/h5,7,9,12,14,18H,4,6,8H2,1-3H3/t12-/m1/s1. The van der Waals surface area contributed by atoms with Gasteiger partial charge >= 0.3 is 6.55 Å². The fourth-order valence-corrected chi connectivity index (χ4v) is 4.12. The van der Waals surface area contributed by atoms with E-state index in [1.807, 2.05) is 13.1 Å².